The molecule has 1 aromatic carbocycles. The van der Waals surface area contributed by atoms with Crippen LogP contribution in [0.3, 0.4) is 0 Å². The van der Waals surface area contributed by atoms with Crippen LogP contribution in [-0.2, 0) is 4.79 Å². The van der Waals surface area contributed by atoms with Crippen molar-refractivity contribution in [3.63, 3.8) is 0 Å². The van der Waals surface area contributed by atoms with Crippen molar-refractivity contribution in [2.75, 3.05) is 19.7 Å². The van der Waals surface area contributed by atoms with Crippen LogP contribution in [0.15, 0.2) is 35.9 Å². The molecular weight excluding hydrogens is 310 g/mol. The highest BCUT2D eigenvalue weighted by atomic mass is 35.5. The largest absolute Gasteiger partial charge is 0.488 e. The SMILES string of the molecule is CCCN(CC1CC1)C(=O)/C=C/C1=Cc2cc(Cl)ccc2OC1. The van der Waals surface area contributed by atoms with Gasteiger partial charge < -0.3 is 9.64 Å². The van der Waals surface area contributed by atoms with Gasteiger partial charge in [-0.25, -0.2) is 0 Å². The highest BCUT2D eigenvalue weighted by Crippen LogP contribution is 2.30. The molecule has 1 saturated carbocycles. The van der Waals surface area contributed by atoms with E-state index in [0.29, 0.717) is 17.5 Å². The molecule has 23 heavy (non-hydrogen) atoms. The number of carbonyl (C=O) groups is 1. The topological polar surface area (TPSA) is 29.5 Å². The van der Waals surface area contributed by atoms with Crippen molar-refractivity contribution < 1.29 is 9.53 Å². The maximum absolute atomic E-state index is 12.4. The van der Waals surface area contributed by atoms with Gasteiger partial charge in [-0.05, 0) is 55.0 Å². The lowest BCUT2D eigenvalue weighted by Crippen LogP contribution is -2.32. The third kappa shape index (κ3) is 4.38. The van der Waals surface area contributed by atoms with Gasteiger partial charge in [0.25, 0.3) is 0 Å². The number of amides is 1. The van der Waals surface area contributed by atoms with Crippen LogP contribution in [0.4, 0.5) is 0 Å². The Hall–Kier alpha value is -1.74. The first-order valence-corrected chi connectivity index (χ1v) is 8.63. The number of halogens is 1. The molecule has 0 aromatic heterocycles. The smallest absolute Gasteiger partial charge is 0.246 e. The number of rotatable bonds is 6. The van der Waals surface area contributed by atoms with Gasteiger partial charge in [-0.15, -0.1) is 0 Å². The van der Waals surface area contributed by atoms with Crippen molar-refractivity contribution in [1.82, 2.24) is 4.90 Å². The molecule has 3 rings (SSSR count). The second-order valence-electron chi connectivity index (χ2n) is 6.25. The van der Waals surface area contributed by atoms with Crippen LogP contribution in [-0.4, -0.2) is 30.5 Å². The first-order valence-electron chi connectivity index (χ1n) is 8.25. The fraction of sp³-hybridized carbons (Fsp3) is 0.421. The number of hydrogen-bond acceptors (Lipinski definition) is 2. The molecule has 1 aliphatic heterocycles. The number of benzene rings is 1. The molecule has 3 nitrogen and oxygen atoms in total. The lowest BCUT2D eigenvalue weighted by Gasteiger charge is -2.20. The summed E-state index contributed by atoms with van der Waals surface area (Å²) in [6, 6.07) is 5.57. The van der Waals surface area contributed by atoms with Gasteiger partial charge in [0, 0.05) is 29.8 Å². The standard InChI is InChI=1S/C19H22ClNO2/c1-2-9-21(12-14-3-4-14)19(22)8-5-15-10-16-11-17(20)6-7-18(16)23-13-15/h5-8,10-11,14H,2-4,9,12-13H2,1H3/b8-5+. The summed E-state index contributed by atoms with van der Waals surface area (Å²) in [5.41, 5.74) is 1.94. The van der Waals surface area contributed by atoms with Gasteiger partial charge in [-0.1, -0.05) is 24.6 Å². The van der Waals surface area contributed by atoms with Crippen LogP contribution in [0.25, 0.3) is 6.08 Å². The molecule has 1 aliphatic carbocycles. The Bertz CT molecular complexity index is 647. The molecule has 0 saturated heterocycles. The Morgan fingerprint density at radius 2 is 2.26 bits per heavy atom. The predicted molar refractivity (Wildman–Crippen MR) is 93.7 cm³/mol. The van der Waals surface area contributed by atoms with E-state index in [-0.39, 0.29) is 5.91 Å². The Balaban J connectivity index is 1.67. The third-order valence-electron chi connectivity index (χ3n) is 4.13. The van der Waals surface area contributed by atoms with Crippen molar-refractivity contribution in [3.8, 4) is 5.75 Å². The minimum atomic E-state index is 0.0940. The van der Waals surface area contributed by atoms with Crippen molar-refractivity contribution in [2.45, 2.75) is 26.2 Å². The quantitative estimate of drug-likeness (QED) is 0.726. The summed E-state index contributed by atoms with van der Waals surface area (Å²) in [7, 11) is 0. The molecule has 1 aromatic rings. The van der Waals surface area contributed by atoms with Crippen LogP contribution in [0.5, 0.6) is 5.75 Å². The highest BCUT2D eigenvalue weighted by Gasteiger charge is 2.25. The van der Waals surface area contributed by atoms with Crippen LogP contribution in [0.2, 0.25) is 5.02 Å². The maximum Gasteiger partial charge on any atom is 0.246 e. The minimum Gasteiger partial charge on any atom is -0.488 e. The van der Waals surface area contributed by atoms with E-state index in [0.717, 1.165) is 36.4 Å². The lowest BCUT2D eigenvalue weighted by molar-refractivity contribution is -0.126. The summed E-state index contributed by atoms with van der Waals surface area (Å²) in [5, 5.41) is 0.684. The molecule has 1 amide bonds. The van der Waals surface area contributed by atoms with E-state index in [2.05, 4.69) is 6.92 Å². The van der Waals surface area contributed by atoms with Gasteiger partial charge in [0.05, 0.1) is 0 Å². The summed E-state index contributed by atoms with van der Waals surface area (Å²) in [4.78, 5) is 14.4. The summed E-state index contributed by atoms with van der Waals surface area (Å²) < 4.78 is 5.70. The second-order valence-corrected chi connectivity index (χ2v) is 6.69. The van der Waals surface area contributed by atoms with Gasteiger partial charge in [0.2, 0.25) is 5.91 Å². The van der Waals surface area contributed by atoms with E-state index in [4.69, 9.17) is 16.3 Å². The van der Waals surface area contributed by atoms with E-state index in [1.54, 1.807) is 6.08 Å². The van der Waals surface area contributed by atoms with Gasteiger partial charge in [0.1, 0.15) is 12.4 Å². The van der Waals surface area contributed by atoms with E-state index in [1.165, 1.54) is 12.8 Å². The molecule has 0 atom stereocenters. The zero-order valence-corrected chi connectivity index (χ0v) is 14.2. The lowest BCUT2D eigenvalue weighted by atomic mass is 10.1. The minimum absolute atomic E-state index is 0.0940. The predicted octanol–water partition coefficient (Wildman–Crippen LogP) is 4.32. The molecular formula is C19H22ClNO2. The van der Waals surface area contributed by atoms with Gasteiger partial charge in [-0.2, -0.15) is 0 Å². The Kier molecular flexibility index (Phi) is 5.06. The van der Waals surface area contributed by atoms with Crippen LogP contribution >= 0.6 is 11.6 Å². The Labute approximate surface area is 142 Å². The van der Waals surface area contributed by atoms with E-state index < -0.39 is 0 Å². The van der Waals surface area contributed by atoms with Gasteiger partial charge in [0.15, 0.2) is 0 Å². The molecule has 0 bridgehead atoms. The first kappa shape index (κ1) is 16.1. The monoisotopic (exact) mass is 331 g/mol. The van der Waals surface area contributed by atoms with Crippen LogP contribution in [0.1, 0.15) is 31.7 Å². The zero-order chi connectivity index (χ0) is 16.2. The summed E-state index contributed by atoms with van der Waals surface area (Å²) >= 11 is 6.02. The Morgan fingerprint density at radius 1 is 1.43 bits per heavy atom. The molecule has 0 unspecified atom stereocenters. The first-order chi connectivity index (χ1) is 11.2. The van der Waals surface area contributed by atoms with E-state index in [9.17, 15) is 4.79 Å². The normalized spacial score (nSPS) is 16.7. The third-order valence-corrected chi connectivity index (χ3v) is 4.36. The van der Waals surface area contributed by atoms with Gasteiger partial charge in [-0.3, -0.25) is 4.79 Å². The number of fused-ring (bicyclic) bond motifs is 1. The molecule has 0 spiro atoms. The second kappa shape index (κ2) is 7.22. The number of nitrogens with zero attached hydrogens (tertiary/aromatic N) is 1. The van der Waals surface area contributed by atoms with E-state index >= 15 is 0 Å². The van der Waals surface area contributed by atoms with Crippen molar-refractivity contribution >= 4 is 23.6 Å². The van der Waals surface area contributed by atoms with Gasteiger partial charge >= 0.3 is 0 Å². The average Bonchev–Trinajstić information content (AvgIpc) is 3.35. The molecule has 122 valence electrons. The highest BCUT2D eigenvalue weighted by molar-refractivity contribution is 6.30. The van der Waals surface area contributed by atoms with E-state index in [1.807, 2.05) is 35.3 Å². The van der Waals surface area contributed by atoms with Crippen molar-refractivity contribution in [2.24, 2.45) is 5.92 Å². The number of ether oxygens (including phenoxy) is 1. The Morgan fingerprint density at radius 3 is 3.00 bits per heavy atom. The zero-order valence-electron chi connectivity index (χ0n) is 13.4. The van der Waals surface area contributed by atoms with Crippen LogP contribution in [0, 0.1) is 5.92 Å². The number of hydrogen-bond donors (Lipinski definition) is 0. The fourth-order valence-electron chi connectivity index (χ4n) is 2.72. The molecule has 2 aliphatic rings. The van der Waals surface area contributed by atoms with Crippen molar-refractivity contribution in [3.05, 3.63) is 46.5 Å². The summed E-state index contributed by atoms with van der Waals surface area (Å²) in [5.74, 6) is 1.64. The fourth-order valence-corrected chi connectivity index (χ4v) is 2.90. The molecule has 0 radical (unpaired) electrons. The summed E-state index contributed by atoms with van der Waals surface area (Å²) in [6.07, 6.45) is 9.07. The van der Waals surface area contributed by atoms with Crippen molar-refractivity contribution in [1.29, 1.82) is 0 Å². The summed E-state index contributed by atoms with van der Waals surface area (Å²) in [6.45, 7) is 4.31. The molecule has 0 N–H and O–H groups in total. The molecule has 1 fully saturated rings. The average molecular weight is 332 g/mol. The van der Waals surface area contributed by atoms with Crippen LogP contribution < -0.4 is 4.74 Å². The molecule has 4 heteroatoms. The molecule has 1 heterocycles. The maximum atomic E-state index is 12.4. The number of carbonyl (C=O) groups excluding carboxylic acids is 1.